The van der Waals surface area contributed by atoms with Crippen molar-refractivity contribution in [2.75, 3.05) is 20.2 Å². The van der Waals surface area contributed by atoms with E-state index in [4.69, 9.17) is 4.74 Å². The van der Waals surface area contributed by atoms with Crippen LogP contribution < -0.4 is 4.74 Å². The van der Waals surface area contributed by atoms with Gasteiger partial charge in [-0.1, -0.05) is 60.7 Å². The van der Waals surface area contributed by atoms with E-state index in [1.807, 2.05) is 72.8 Å². The zero-order chi connectivity index (χ0) is 24.8. The number of hydrogen-bond donors (Lipinski definition) is 2. The molecule has 2 aliphatic rings. The van der Waals surface area contributed by atoms with Crippen molar-refractivity contribution in [3.63, 3.8) is 0 Å². The monoisotopic (exact) mass is 481 g/mol. The second-order valence-corrected chi connectivity index (χ2v) is 9.41. The van der Waals surface area contributed by atoms with Crippen molar-refractivity contribution < 1.29 is 19.4 Å². The predicted molar refractivity (Wildman–Crippen MR) is 135 cm³/mol. The number of nitrogens with zero attached hydrogens (tertiary/aromatic N) is 2. The van der Waals surface area contributed by atoms with Gasteiger partial charge < -0.3 is 24.6 Å². The minimum atomic E-state index is -0.865. The number of para-hydroxylation sites is 1. The van der Waals surface area contributed by atoms with E-state index in [1.54, 1.807) is 12.0 Å². The molecular formula is C29H27N3O4. The molecule has 6 rings (SSSR count). The molecule has 7 nitrogen and oxygen atoms in total. The maximum absolute atomic E-state index is 13.8. The van der Waals surface area contributed by atoms with Crippen molar-refractivity contribution in [1.29, 1.82) is 0 Å². The van der Waals surface area contributed by atoms with E-state index in [9.17, 15) is 14.7 Å². The van der Waals surface area contributed by atoms with Crippen LogP contribution in [0.5, 0.6) is 5.75 Å². The van der Waals surface area contributed by atoms with Crippen LogP contribution in [0.4, 0.5) is 0 Å². The van der Waals surface area contributed by atoms with E-state index in [0.717, 1.165) is 33.3 Å². The summed E-state index contributed by atoms with van der Waals surface area (Å²) in [4.78, 5) is 34.3. The number of aliphatic hydroxyl groups is 1. The molecule has 0 aliphatic carbocycles. The van der Waals surface area contributed by atoms with Gasteiger partial charge in [0.15, 0.2) is 0 Å². The summed E-state index contributed by atoms with van der Waals surface area (Å²) in [5, 5.41) is 11.8. The highest BCUT2D eigenvalue weighted by atomic mass is 16.5. The van der Waals surface area contributed by atoms with E-state index < -0.39 is 18.2 Å². The Bertz CT molecular complexity index is 1450. The van der Waals surface area contributed by atoms with Crippen LogP contribution in [-0.2, 0) is 16.0 Å². The average Bonchev–Trinajstić information content (AvgIpc) is 3.29. The number of carbonyl (C=O) groups excluding carboxylic acids is 2. The van der Waals surface area contributed by atoms with Crippen LogP contribution in [0.15, 0.2) is 78.9 Å². The molecule has 182 valence electrons. The third-order valence-electron chi connectivity index (χ3n) is 7.33. The zero-order valence-corrected chi connectivity index (χ0v) is 19.9. The van der Waals surface area contributed by atoms with Gasteiger partial charge in [0.2, 0.25) is 11.8 Å². The third-order valence-corrected chi connectivity index (χ3v) is 7.33. The second kappa shape index (κ2) is 8.84. The molecule has 0 saturated carbocycles. The van der Waals surface area contributed by atoms with Crippen LogP contribution in [0, 0.1) is 0 Å². The van der Waals surface area contributed by atoms with Gasteiger partial charge in [-0.15, -0.1) is 0 Å². The Hall–Kier alpha value is -4.10. The van der Waals surface area contributed by atoms with Gasteiger partial charge in [-0.2, -0.15) is 0 Å². The Labute approximate surface area is 208 Å². The number of benzene rings is 3. The first-order valence-corrected chi connectivity index (χ1v) is 12.1. The standard InChI is InChI=1S/C29H27N3O4/c1-36-20-11-7-10-19(14-20)28-27-22(21-12-5-6-13-23(21)30-27)15-24-29(35)31(17-26(34)32(24)28)16-25(33)18-8-3-2-4-9-18/h2-14,24-25,28,30,33H,15-17H2,1H3/t24-,25+,28+/m0/s1. The molecule has 36 heavy (non-hydrogen) atoms. The molecule has 2 amide bonds. The summed E-state index contributed by atoms with van der Waals surface area (Å²) in [6.45, 7) is -0.00124. The summed E-state index contributed by atoms with van der Waals surface area (Å²) in [5.74, 6) is 0.404. The number of hydrogen-bond acceptors (Lipinski definition) is 4. The number of methoxy groups -OCH3 is 1. The molecule has 3 aromatic carbocycles. The van der Waals surface area contributed by atoms with Gasteiger partial charge in [-0.3, -0.25) is 9.59 Å². The number of aromatic nitrogens is 1. The van der Waals surface area contributed by atoms with Crippen molar-refractivity contribution in [2.24, 2.45) is 0 Å². The Balaban J connectivity index is 1.42. The molecule has 2 aliphatic heterocycles. The molecule has 0 spiro atoms. The molecular weight excluding hydrogens is 454 g/mol. The number of H-pyrrole nitrogens is 1. The highest BCUT2D eigenvalue weighted by Crippen LogP contribution is 2.43. The molecule has 1 aromatic heterocycles. The summed E-state index contributed by atoms with van der Waals surface area (Å²) < 4.78 is 5.46. The molecule has 2 N–H and O–H groups in total. The summed E-state index contributed by atoms with van der Waals surface area (Å²) >= 11 is 0. The molecule has 0 unspecified atom stereocenters. The molecule has 4 aromatic rings. The number of rotatable bonds is 5. The highest BCUT2D eigenvalue weighted by molar-refractivity contribution is 5.97. The SMILES string of the molecule is COc1cccc([C@@H]2c3[nH]c4ccccc4c3C[C@H]3C(=O)N(C[C@@H](O)c4ccccc4)CC(=O)N23)c1. The van der Waals surface area contributed by atoms with Crippen molar-refractivity contribution in [1.82, 2.24) is 14.8 Å². The highest BCUT2D eigenvalue weighted by Gasteiger charge is 2.48. The number of fused-ring (bicyclic) bond motifs is 4. The number of aliphatic hydroxyl groups excluding tert-OH is 1. The van der Waals surface area contributed by atoms with Gasteiger partial charge >= 0.3 is 0 Å². The lowest BCUT2D eigenvalue weighted by molar-refractivity contribution is -0.159. The van der Waals surface area contributed by atoms with Gasteiger partial charge in [0.25, 0.3) is 0 Å². The van der Waals surface area contributed by atoms with Crippen LogP contribution in [-0.4, -0.2) is 57.9 Å². The molecule has 1 fully saturated rings. The average molecular weight is 482 g/mol. The lowest BCUT2D eigenvalue weighted by Crippen LogP contribution is -2.63. The van der Waals surface area contributed by atoms with Gasteiger partial charge in [0, 0.05) is 23.0 Å². The van der Waals surface area contributed by atoms with Crippen LogP contribution in [0.25, 0.3) is 10.9 Å². The lowest BCUT2D eigenvalue weighted by Gasteiger charge is -2.47. The van der Waals surface area contributed by atoms with E-state index >= 15 is 0 Å². The van der Waals surface area contributed by atoms with Crippen LogP contribution in [0.2, 0.25) is 0 Å². The van der Waals surface area contributed by atoms with Crippen molar-refractivity contribution in [3.8, 4) is 5.75 Å². The minimum absolute atomic E-state index is 0.0729. The lowest BCUT2D eigenvalue weighted by atomic mass is 9.86. The molecule has 3 atom stereocenters. The van der Waals surface area contributed by atoms with Crippen molar-refractivity contribution >= 4 is 22.7 Å². The Morgan fingerprint density at radius 2 is 1.81 bits per heavy atom. The fraction of sp³-hybridized carbons (Fsp3) is 0.241. The Kier molecular flexibility index (Phi) is 5.49. The van der Waals surface area contributed by atoms with Crippen molar-refractivity contribution in [2.45, 2.75) is 24.6 Å². The molecule has 0 bridgehead atoms. The van der Waals surface area contributed by atoms with E-state index in [0.29, 0.717) is 12.2 Å². The summed E-state index contributed by atoms with van der Waals surface area (Å²) in [6.07, 6.45) is -0.446. The number of nitrogens with one attached hydrogen (secondary N) is 1. The maximum Gasteiger partial charge on any atom is 0.246 e. The molecule has 7 heteroatoms. The molecule has 3 heterocycles. The fourth-order valence-electron chi connectivity index (χ4n) is 5.63. The van der Waals surface area contributed by atoms with Gasteiger partial charge in [0.1, 0.15) is 11.8 Å². The number of piperazine rings is 1. The normalized spacial score (nSPS) is 20.3. The van der Waals surface area contributed by atoms with E-state index in [1.165, 1.54) is 4.90 Å². The third kappa shape index (κ3) is 3.63. The van der Waals surface area contributed by atoms with Gasteiger partial charge in [0.05, 0.1) is 32.3 Å². The van der Waals surface area contributed by atoms with Gasteiger partial charge in [-0.25, -0.2) is 0 Å². The summed E-state index contributed by atoms with van der Waals surface area (Å²) in [6, 6.07) is 23.8. The Morgan fingerprint density at radius 1 is 1.03 bits per heavy atom. The topological polar surface area (TPSA) is 85.9 Å². The molecule has 0 radical (unpaired) electrons. The second-order valence-electron chi connectivity index (χ2n) is 9.41. The van der Waals surface area contributed by atoms with E-state index in [2.05, 4.69) is 11.1 Å². The maximum atomic E-state index is 13.8. The zero-order valence-electron chi connectivity index (χ0n) is 19.9. The number of β-amino-alcohol motifs (C(OH)–C–C–N with tert-alkyl or cyclic N) is 1. The summed E-state index contributed by atoms with van der Waals surface area (Å²) in [7, 11) is 1.61. The quantitative estimate of drug-likeness (QED) is 0.456. The first-order chi connectivity index (χ1) is 17.5. The number of ether oxygens (including phenoxy) is 1. The fourth-order valence-corrected chi connectivity index (χ4v) is 5.63. The number of aromatic amines is 1. The van der Waals surface area contributed by atoms with Crippen LogP contribution in [0.1, 0.15) is 34.5 Å². The van der Waals surface area contributed by atoms with Crippen LogP contribution in [0.3, 0.4) is 0 Å². The molecule has 1 saturated heterocycles. The van der Waals surface area contributed by atoms with Gasteiger partial charge in [-0.05, 0) is 34.9 Å². The number of carbonyl (C=O) groups is 2. The Morgan fingerprint density at radius 3 is 2.61 bits per heavy atom. The largest absolute Gasteiger partial charge is 0.497 e. The van der Waals surface area contributed by atoms with E-state index in [-0.39, 0.29) is 24.9 Å². The smallest absolute Gasteiger partial charge is 0.246 e. The first kappa shape index (κ1) is 22.4. The number of amides is 2. The predicted octanol–water partition coefficient (Wildman–Crippen LogP) is 3.60. The van der Waals surface area contributed by atoms with Crippen molar-refractivity contribution in [3.05, 3.63) is 101 Å². The summed E-state index contributed by atoms with van der Waals surface area (Å²) in [5.41, 5.74) is 4.56. The first-order valence-electron chi connectivity index (χ1n) is 12.1. The minimum Gasteiger partial charge on any atom is -0.497 e. The van der Waals surface area contributed by atoms with Crippen LogP contribution >= 0.6 is 0 Å².